The van der Waals surface area contributed by atoms with Crippen molar-refractivity contribution < 1.29 is 19.1 Å². The lowest BCUT2D eigenvalue weighted by Crippen LogP contribution is -2.43. The van der Waals surface area contributed by atoms with Gasteiger partial charge in [0.05, 0.1) is 28.5 Å². The van der Waals surface area contributed by atoms with E-state index in [1.54, 1.807) is 36.1 Å². The van der Waals surface area contributed by atoms with E-state index in [1.165, 1.54) is 11.5 Å². The minimum atomic E-state index is -0.360. The van der Waals surface area contributed by atoms with Crippen LogP contribution in [0.3, 0.4) is 0 Å². The summed E-state index contributed by atoms with van der Waals surface area (Å²) >= 11 is 1.26. The zero-order chi connectivity index (χ0) is 21.8. The molecule has 3 aromatic rings. The van der Waals surface area contributed by atoms with Crippen LogP contribution in [0.25, 0.3) is 10.1 Å². The van der Waals surface area contributed by atoms with Crippen molar-refractivity contribution in [1.29, 1.82) is 0 Å². The average molecular weight is 438 g/mol. The van der Waals surface area contributed by atoms with Gasteiger partial charge in [0, 0.05) is 18.5 Å². The van der Waals surface area contributed by atoms with Crippen molar-refractivity contribution >= 4 is 45.1 Å². The van der Waals surface area contributed by atoms with Crippen molar-refractivity contribution in [2.75, 3.05) is 25.0 Å². The van der Waals surface area contributed by atoms with E-state index in [4.69, 9.17) is 4.74 Å². The van der Waals surface area contributed by atoms with E-state index in [0.29, 0.717) is 43.1 Å². The molecule has 1 aromatic heterocycles. The summed E-state index contributed by atoms with van der Waals surface area (Å²) in [4.78, 5) is 39.9. The summed E-state index contributed by atoms with van der Waals surface area (Å²) in [6.07, 6.45) is 1.44. The minimum absolute atomic E-state index is 0.215. The van der Waals surface area contributed by atoms with Gasteiger partial charge in [-0.15, -0.1) is 0 Å². The van der Waals surface area contributed by atoms with Crippen LogP contribution in [0.2, 0.25) is 0 Å². The number of nitrogens with zero attached hydrogens (tertiary/aromatic N) is 2. The first kappa shape index (κ1) is 21.0. The van der Waals surface area contributed by atoms with E-state index in [9.17, 15) is 14.4 Å². The number of nitrogens with one attached hydrogen (secondary N) is 1. The highest BCUT2D eigenvalue weighted by molar-refractivity contribution is 7.13. The summed E-state index contributed by atoms with van der Waals surface area (Å²) in [6, 6.07) is 14.4. The standard InChI is InChI=1S/C23H23N3O4S/c1-2-30-23(29)15-8-7-13-26(14-15)22(28)16-9-3-5-11-18(16)24-21(27)20-17-10-4-6-12-19(17)31-25-20/h3-6,9-12,15H,2,7-8,13-14H2,1H3,(H,24,27)/t15-/m0/s1. The number of para-hydroxylation sites is 1. The molecule has 4 rings (SSSR count). The maximum absolute atomic E-state index is 13.2. The number of piperidine rings is 1. The predicted octanol–water partition coefficient (Wildman–Crippen LogP) is 3.96. The zero-order valence-corrected chi connectivity index (χ0v) is 18.0. The third kappa shape index (κ3) is 4.44. The first-order valence-electron chi connectivity index (χ1n) is 10.3. The SMILES string of the molecule is CCOC(=O)[C@H]1CCCN(C(=O)c2ccccc2NC(=O)c2nsc3ccccc23)C1. The third-order valence-corrected chi connectivity index (χ3v) is 6.15. The maximum Gasteiger partial charge on any atom is 0.310 e. The third-order valence-electron chi connectivity index (χ3n) is 5.33. The summed E-state index contributed by atoms with van der Waals surface area (Å²) in [6.45, 7) is 2.97. The molecule has 0 aliphatic carbocycles. The zero-order valence-electron chi connectivity index (χ0n) is 17.2. The fourth-order valence-corrected chi connectivity index (χ4v) is 4.57. The molecule has 160 valence electrons. The highest BCUT2D eigenvalue weighted by Crippen LogP contribution is 2.26. The molecule has 0 spiro atoms. The van der Waals surface area contributed by atoms with E-state index >= 15 is 0 Å². The molecule has 7 nitrogen and oxygen atoms in total. The van der Waals surface area contributed by atoms with Crippen LogP contribution in [0.5, 0.6) is 0 Å². The second-order valence-corrected chi connectivity index (χ2v) is 8.17. The molecule has 1 aliphatic heterocycles. The van der Waals surface area contributed by atoms with Crippen molar-refractivity contribution in [2.24, 2.45) is 5.92 Å². The number of benzene rings is 2. The molecule has 0 radical (unpaired) electrons. The molecule has 2 amide bonds. The molecule has 2 heterocycles. The van der Waals surface area contributed by atoms with E-state index in [-0.39, 0.29) is 23.7 Å². The lowest BCUT2D eigenvalue weighted by Gasteiger charge is -2.32. The summed E-state index contributed by atoms with van der Waals surface area (Å²) in [5.74, 6) is -1.16. The monoisotopic (exact) mass is 437 g/mol. The Kier molecular flexibility index (Phi) is 6.27. The van der Waals surface area contributed by atoms with Gasteiger partial charge in [-0.3, -0.25) is 14.4 Å². The molecule has 0 unspecified atom stereocenters. The summed E-state index contributed by atoms with van der Waals surface area (Å²) in [7, 11) is 0. The lowest BCUT2D eigenvalue weighted by atomic mass is 9.97. The van der Waals surface area contributed by atoms with Gasteiger partial charge in [-0.05, 0) is 49.5 Å². The predicted molar refractivity (Wildman–Crippen MR) is 119 cm³/mol. The number of amides is 2. The van der Waals surface area contributed by atoms with Gasteiger partial charge in [-0.1, -0.05) is 30.3 Å². The number of fused-ring (bicyclic) bond motifs is 1. The maximum atomic E-state index is 13.2. The Morgan fingerprint density at radius 3 is 2.77 bits per heavy atom. The smallest absolute Gasteiger partial charge is 0.310 e. The van der Waals surface area contributed by atoms with Gasteiger partial charge in [0.2, 0.25) is 0 Å². The van der Waals surface area contributed by atoms with Crippen LogP contribution in [-0.4, -0.2) is 46.8 Å². The molecular formula is C23H23N3O4S. The van der Waals surface area contributed by atoms with Gasteiger partial charge in [0.1, 0.15) is 5.69 Å². The highest BCUT2D eigenvalue weighted by Gasteiger charge is 2.30. The molecule has 1 aliphatic rings. The van der Waals surface area contributed by atoms with Crippen molar-refractivity contribution in [3.63, 3.8) is 0 Å². The van der Waals surface area contributed by atoms with Crippen LogP contribution in [0, 0.1) is 5.92 Å². The number of likely N-dealkylation sites (tertiary alicyclic amines) is 1. The second-order valence-electron chi connectivity index (χ2n) is 7.37. The van der Waals surface area contributed by atoms with Gasteiger partial charge >= 0.3 is 5.97 Å². The van der Waals surface area contributed by atoms with Gasteiger partial charge in [-0.2, -0.15) is 4.37 Å². The van der Waals surface area contributed by atoms with Crippen molar-refractivity contribution in [3.05, 3.63) is 59.8 Å². The van der Waals surface area contributed by atoms with E-state index < -0.39 is 0 Å². The number of esters is 1. The number of hydrogen-bond acceptors (Lipinski definition) is 6. The number of anilines is 1. The van der Waals surface area contributed by atoms with Crippen molar-refractivity contribution in [3.8, 4) is 0 Å². The molecule has 1 N–H and O–H groups in total. The van der Waals surface area contributed by atoms with Gasteiger partial charge in [-0.25, -0.2) is 0 Å². The Bertz CT molecular complexity index is 1130. The van der Waals surface area contributed by atoms with E-state index in [0.717, 1.165) is 16.5 Å². The Balaban J connectivity index is 1.53. The summed E-state index contributed by atoms with van der Waals surface area (Å²) < 4.78 is 10.3. The number of aromatic nitrogens is 1. The summed E-state index contributed by atoms with van der Waals surface area (Å²) in [5, 5.41) is 3.63. The fraction of sp³-hybridized carbons (Fsp3) is 0.304. The molecule has 0 saturated carbocycles. The number of rotatable bonds is 5. The van der Waals surface area contributed by atoms with Crippen LogP contribution >= 0.6 is 11.5 Å². The summed E-state index contributed by atoms with van der Waals surface area (Å²) in [5.41, 5.74) is 1.15. The number of carbonyl (C=O) groups excluding carboxylic acids is 3. The Morgan fingerprint density at radius 1 is 1.16 bits per heavy atom. The minimum Gasteiger partial charge on any atom is -0.466 e. The first-order valence-corrected chi connectivity index (χ1v) is 11.1. The highest BCUT2D eigenvalue weighted by atomic mass is 32.1. The fourth-order valence-electron chi connectivity index (χ4n) is 3.79. The topological polar surface area (TPSA) is 88.6 Å². The molecular weight excluding hydrogens is 414 g/mol. The molecule has 31 heavy (non-hydrogen) atoms. The first-order chi connectivity index (χ1) is 15.1. The Labute approximate surface area is 184 Å². The molecule has 0 bridgehead atoms. The van der Waals surface area contributed by atoms with Crippen LogP contribution < -0.4 is 5.32 Å². The normalized spacial score (nSPS) is 16.2. The van der Waals surface area contributed by atoms with Crippen LogP contribution in [0.1, 0.15) is 40.6 Å². The quantitative estimate of drug-likeness (QED) is 0.611. The Hall–Kier alpha value is -3.26. The Morgan fingerprint density at radius 2 is 1.94 bits per heavy atom. The average Bonchev–Trinajstić information content (AvgIpc) is 3.23. The second kappa shape index (κ2) is 9.26. The van der Waals surface area contributed by atoms with Gasteiger partial charge < -0.3 is 15.0 Å². The van der Waals surface area contributed by atoms with E-state index in [2.05, 4.69) is 9.69 Å². The van der Waals surface area contributed by atoms with Crippen LogP contribution in [0.15, 0.2) is 48.5 Å². The van der Waals surface area contributed by atoms with Crippen molar-refractivity contribution in [2.45, 2.75) is 19.8 Å². The lowest BCUT2D eigenvalue weighted by molar-refractivity contribution is -0.149. The number of carbonyl (C=O) groups is 3. The van der Waals surface area contributed by atoms with Gasteiger partial charge in [0.25, 0.3) is 11.8 Å². The molecule has 2 aromatic carbocycles. The van der Waals surface area contributed by atoms with Crippen LogP contribution in [-0.2, 0) is 9.53 Å². The molecule has 8 heteroatoms. The number of ether oxygens (including phenoxy) is 1. The van der Waals surface area contributed by atoms with Crippen LogP contribution in [0.4, 0.5) is 5.69 Å². The molecule has 1 saturated heterocycles. The largest absolute Gasteiger partial charge is 0.466 e. The van der Waals surface area contributed by atoms with Gasteiger partial charge in [0.15, 0.2) is 0 Å². The van der Waals surface area contributed by atoms with E-state index in [1.807, 2.05) is 24.3 Å². The number of hydrogen-bond donors (Lipinski definition) is 1. The van der Waals surface area contributed by atoms with Crippen molar-refractivity contribution in [1.82, 2.24) is 9.27 Å². The molecule has 1 atom stereocenters. The molecule has 1 fully saturated rings.